The molecule has 0 aliphatic carbocycles. The van der Waals surface area contributed by atoms with E-state index in [1.165, 1.54) is 16.4 Å². The van der Waals surface area contributed by atoms with Gasteiger partial charge in [0.1, 0.15) is 18.1 Å². The van der Waals surface area contributed by atoms with Crippen LogP contribution in [0.5, 0.6) is 0 Å². The zero-order valence-electron chi connectivity index (χ0n) is 12.9. The average Bonchev–Trinajstić information content (AvgIpc) is 3.03. The van der Waals surface area contributed by atoms with Crippen LogP contribution in [0.3, 0.4) is 0 Å². The molecule has 0 radical (unpaired) electrons. The van der Waals surface area contributed by atoms with Gasteiger partial charge in [-0.3, -0.25) is 14.7 Å². The summed E-state index contributed by atoms with van der Waals surface area (Å²) >= 11 is 0. The Kier molecular flexibility index (Phi) is 4.91. The van der Waals surface area contributed by atoms with Crippen LogP contribution in [0.4, 0.5) is 5.69 Å². The predicted octanol–water partition coefficient (Wildman–Crippen LogP) is 1.08. The summed E-state index contributed by atoms with van der Waals surface area (Å²) in [5.41, 5.74) is -0.445. The van der Waals surface area contributed by atoms with E-state index in [4.69, 9.17) is 5.26 Å². The molecule has 0 amide bonds. The van der Waals surface area contributed by atoms with E-state index in [-0.39, 0.29) is 29.5 Å². The van der Waals surface area contributed by atoms with E-state index in [2.05, 4.69) is 10.2 Å². The molecule has 0 aliphatic rings. The molecule has 0 unspecified atom stereocenters. The Morgan fingerprint density at radius 2 is 2.04 bits per heavy atom. The number of hydrogen-bond donors (Lipinski definition) is 0. The number of nitriles is 1. The molecule has 24 heavy (non-hydrogen) atoms. The van der Waals surface area contributed by atoms with Crippen LogP contribution in [0.2, 0.25) is 0 Å². The number of hydrogen-bond acceptors (Lipinski definition) is 7. The Balaban J connectivity index is 2.65. The number of aromatic nitrogens is 3. The normalized spacial score (nSPS) is 11.4. The maximum atomic E-state index is 12.5. The smallest absolute Gasteiger partial charge is 0.266 e. The summed E-state index contributed by atoms with van der Waals surface area (Å²) in [7, 11) is -3.84. The minimum Gasteiger partial charge on any atom is -0.266 e. The van der Waals surface area contributed by atoms with Gasteiger partial charge in [0.25, 0.3) is 5.69 Å². The van der Waals surface area contributed by atoms with Crippen LogP contribution in [-0.4, -0.2) is 45.5 Å². The predicted molar refractivity (Wildman–Crippen MR) is 82.8 cm³/mol. The van der Waals surface area contributed by atoms with Crippen molar-refractivity contribution in [3.8, 4) is 11.8 Å². The molecule has 2 rings (SSSR count). The Labute approximate surface area is 138 Å². The van der Waals surface area contributed by atoms with Crippen molar-refractivity contribution < 1.29 is 13.3 Å². The zero-order chi connectivity index (χ0) is 17.9. The first-order valence-electron chi connectivity index (χ1n) is 6.95. The van der Waals surface area contributed by atoms with Crippen LogP contribution in [0.1, 0.15) is 19.7 Å². The van der Waals surface area contributed by atoms with Crippen molar-refractivity contribution in [2.45, 2.75) is 18.7 Å². The highest BCUT2D eigenvalue weighted by atomic mass is 32.2. The maximum absolute atomic E-state index is 12.5. The van der Waals surface area contributed by atoms with Gasteiger partial charge in [-0.1, -0.05) is 13.8 Å². The van der Waals surface area contributed by atoms with E-state index in [9.17, 15) is 18.5 Å². The first-order chi connectivity index (χ1) is 11.4. The molecule has 0 atom stereocenters. The van der Waals surface area contributed by atoms with Crippen molar-refractivity contribution in [3.05, 3.63) is 40.5 Å². The minimum absolute atomic E-state index is 0.0139. The van der Waals surface area contributed by atoms with Crippen LogP contribution in [0.15, 0.2) is 29.4 Å². The van der Waals surface area contributed by atoms with Crippen LogP contribution in [0, 0.1) is 21.4 Å². The number of nitro groups is 1. The van der Waals surface area contributed by atoms with Crippen LogP contribution < -0.4 is 0 Å². The Hall–Kier alpha value is -2.84. The van der Waals surface area contributed by atoms with Gasteiger partial charge >= 0.3 is 0 Å². The molecule has 0 spiro atoms. The fourth-order valence-electron chi connectivity index (χ4n) is 2.21. The van der Waals surface area contributed by atoms with E-state index in [1.807, 2.05) is 0 Å². The van der Waals surface area contributed by atoms with Gasteiger partial charge in [-0.05, 0) is 12.1 Å². The zero-order valence-corrected chi connectivity index (χ0v) is 13.8. The summed E-state index contributed by atoms with van der Waals surface area (Å²) in [6.07, 6.45) is 1.15. The molecular formula is C13H14N6O4S. The van der Waals surface area contributed by atoms with Crippen molar-refractivity contribution in [2.75, 3.05) is 13.1 Å². The SMILES string of the molecule is CCN(CC)S(=O)(=O)c1ccc(-n2cnnc2C#N)c([N+](=O)[O-])c1. The van der Waals surface area contributed by atoms with Gasteiger partial charge in [-0.25, -0.2) is 8.42 Å². The molecule has 126 valence electrons. The second-order valence-corrected chi connectivity index (χ2v) is 6.57. The van der Waals surface area contributed by atoms with E-state index in [0.29, 0.717) is 0 Å². The van der Waals surface area contributed by atoms with Crippen LogP contribution >= 0.6 is 0 Å². The number of benzene rings is 1. The second-order valence-electron chi connectivity index (χ2n) is 4.63. The third-order valence-electron chi connectivity index (χ3n) is 3.39. The lowest BCUT2D eigenvalue weighted by Crippen LogP contribution is -2.30. The lowest BCUT2D eigenvalue weighted by molar-refractivity contribution is -0.384. The van der Waals surface area contributed by atoms with Crippen molar-refractivity contribution in [1.82, 2.24) is 19.1 Å². The molecule has 0 saturated carbocycles. The van der Waals surface area contributed by atoms with Crippen LogP contribution in [0.25, 0.3) is 5.69 Å². The van der Waals surface area contributed by atoms with Gasteiger partial charge in [0.05, 0.1) is 9.82 Å². The second kappa shape index (κ2) is 6.73. The molecule has 1 aromatic heterocycles. The molecule has 0 N–H and O–H groups in total. The van der Waals surface area contributed by atoms with E-state index in [1.54, 1.807) is 19.9 Å². The number of rotatable bonds is 6. The summed E-state index contributed by atoms with van der Waals surface area (Å²) in [6.45, 7) is 3.86. The highest BCUT2D eigenvalue weighted by Crippen LogP contribution is 2.28. The molecule has 0 saturated heterocycles. The first-order valence-corrected chi connectivity index (χ1v) is 8.39. The van der Waals surface area contributed by atoms with Gasteiger partial charge in [-0.15, -0.1) is 10.2 Å². The van der Waals surface area contributed by atoms with E-state index < -0.39 is 20.6 Å². The molecule has 0 bridgehead atoms. The molecule has 1 heterocycles. The van der Waals surface area contributed by atoms with Gasteiger partial charge in [-0.2, -0.15) is 9.57 Å². The molecule has 10 nitrogen and oxygen atoms in total. The quantitative estimate of drug-likeness (QED) is 0.561. The number of sulfonamides is 1. The van der Waals surface area contributed by atoms with Crippen molar-refractivity contribution in [2.24, 2.45) is 0 Å². The largest absolute Gasteiger partial charge is 0.294 e. The summed E-state index contributed by atoms with van der Waals surface area (Å²) < 4.78 is 27.3. The highest BCUT2D eigenvalue weighted by molar-refractivity contribution is 7.89. The first kappa shape index (κ1) is 17.5. The van der Waals surface area contributed by atoms with Crippen molar-refractivity contribution in [3.63, 3.8) is 0 Å². The highest BCUT2D eigenvalue weighted by Gasteiger charge is 2.26. The lowest BCUT2D eigenvalue weighted by atomic mass is 10.2. The topological polar surface area (TPSA) is 135 Å². The van der Waals surface area contributed by atoms with E-state index in [0.717, 1.165) is 17.0 Å². The molecule has 0 aliphatic heterocycles. The minimum atomic E-state index is -3.84. The Morgan fingerprint density at radius 1 is 1.38 bits per heavy atom. The molecule has 2 aromatic rings. The van der Waals surface area contributed by atoms with Gasteiger partial charge in [0.15, 0.2) is 0 Å². The Morgan fingerprint density at radius 3 is 2.58 bits per heavy atom. The third-order valence-corrected chi connectivity index (χ3v) is 5.44. The molecule has 1 aromatic carbocycles. The Bertz CT molecular complexity index is 911. The summed E-state index contributed by atoms with van der Waals surface area (Å²) in [4.78, 5) is 10.5. The summed E-state index contributed by atoms with van der Waals surface area (Å²) in [5, 5.41) is 27.4. The van der Waals surface area contributed by atoms with E-state index >= 15 is 0 Å². The fraction of sp³-hybridized carbons (Fsp3) is 0.308. The molecule has 0 fully saturated rings. The van der Waals surface area contributed by atoms with Gasteiger partial charge in [0.2, 0.25) is 15.8 Å². The number of nitrogens with zero attached hydrogens (tertiary/aromatic N) is 6. The van der Waals surface area contributed by atoms with Crippen molar-refractivity contribution >= 4 is 15.7 Å². The summed E-state index contributed by atoms with van der Waals surface area (Å²) in [6, 6.07) is 5.26. The molecule has 11 heteroatoms. The molecular weight excluding hydrogens is 336 g/mol. The third kappa shape index (κ3) is 2.97. The standard InChI is InChI=1S/C13H14N6O4S/c1-3-17(4-2)24(22,23)10-5-6-11(12(7-10)19(20)21)18-9-15-16-13(18)8-14/h5-7,9H,3-4H2,1-2H3. The summed E-state index contributed by atoms with van der Waals surface area (Å²) in [5.74, 6) is -0.141. The lowest BCUT2D eigenvalue weighted by Gasteiger charge is -2.18. The van der Waals surface area contributed by atoms with Gasteiger partial charge < -0.3 is 0 Å². The average molecular weight is 350 g/mol. The number of nitro benzene ring substituents is 1. The monoisotopic (exact) mass is 350 g/mol. The van der Waals surface area contributed by atoms with Crippen molar-refractivity contribution in [1.29, 1.82) is 5.26 Å². The fourth-order valence-corrected chi connectivity index (χ4v) is 3.69. The van der Waals surface area contributed by atoms with Crippen LogP contribution in [-0.2, 0) is 10.0 Å². The maximum Gasteiger partial charge on any atom is 0.294 e. The van der Waals surface area contributed by atoms with Gasteiger partial charge in [0, 0.05) is 19.2 Å².